The van der Waals surface area contributed by atoms with Crippen LogP contribution in [0.3, 0.4) is 0 Å². The van der Waals surface area contributed by atoms with Gasteiger partial charge in [0.15, 0.2) is 5.13 Å². The molecule has 3 aromatic rings. The van der Waals surface area contributed by atoms with Crippen LogP contribution in [0.5, 0.6) is 0 Å². The van der Waals surface area contributed by atoms with Crippen molar-refractivity contribution >= 4 is 38.0 Å². The Kier molecular flexibility index (Phi) is 2.82. The molecule has 17 heavy (non-hydrogen) atoms. The van der Waals surface area contributed by atoms with Crippen molar-refractivity contribution in [2.75, 3.05) is 5.32 Å². The standard InChI is InChI=1S/C13H12N2S2/c1-9(11-7-4-8-16-11)14-13-15-10-5-2-3-6-12(10)17-13/h2-9H,1H3,(H,14,15). The van der Waals surface area contributed by atoms with Crippen molar-refractivity contribution in [3.05, 3.63) is 46.7 Å². The molecule has 0 saturated carbocycles. The number of rotatable bonds is 3. The fourth-order valence-electron chi connectivity index (χ4n) is 1.73. The smallest absolute Gasteiger partial charge is 0.184 e. The van der Waals surface area contributed by atoms with E-state index in [0.717, 1.165) is 10.6 Å². The first-order chi connectivity index (χ1) is 8.33. The predicted molar refractivity (Wildman–Crippen MR) is 76.0 cm³/mol. The van der Waals surface area contributed by atoms with E-state index in [1.807, 2.05) is 18.2 Å². The lowest BCUT2D eigenvalue weighted by Crippen LogP contribution is -2.03. The van der Waals surface area contributed by atoms with E-state index in [2.05, 4.69) is 40.8 Å². The monoisotopic (exact) mass is 260 g/mol. The Balaban J connectivity index is 1.85. The van der Waals surface area contributed by atoms with Gasteiger partial charge in [-0.1, -0.05) is 29.5 Å². The lowest BCUT2D eigenvalue weighted by molar-refractivity contribution is 0.905. The van der Waals surface area contributed by atoms with Gasteiger partial charge in [-0.25, -0.2) is 4.98 Å². The van der Waals surface area contributed by atoms with Crippen LogP contribution in [0.2, 0.25) is 0 Å². The van der Waals surface area contributed by atoms with E-state index in [1.165, 1.54) is 9.58 Å². The topological polar surface area (TPSA) is 24.9 Å². The first kappa shape index (κ1) is 10.7. The molecular formula is C13H12N2S2. The van der Waals surface area contributed by atoms with Crippen LogP contribution >= 0.6 is 22.7 Å². The molecule has 2 nitrogen and oxygen atoms in total. The third-order valence-corrected chi connectivity index (χ3v) is 4.63. The van der Waals surface area contributed by atoms with Crippen LogP contribution in [0.25, 0.3) is 10.2 Å². The van der Waals surface area contributed by atoms with Crippen LogP contribution in [0.15, 0.2) is 41.8 Å². The Morgan fingerprint density at radius 1 is 1.18 bits per heavy atom. The molecular weight excluding hydrogens is 248 g/mol. The number of nitrogens with zero attached hydrogens (tertiary/aromatic N) is 1. The lowest BCUT2D eigenvalue weighted by atomic mass is 10.3. The van der Waals surface area contributed by atoms with Crippen molar-refractivity contribution in [1.82, 2.24) is 4.98 Å². The molecule has 4 heteroatoms. The van der Waals surface area contributed by atoms with Gasteiger partial charge in [-0.2, -0.15) is 0 Å². The molecule has 1 atom stereocenters. The number of thiophene rings is 1. The first-order valence-electron chi connectivity index (χ1n) is 5.48. The Morgan fingerprint density at radius 2 is 2.06 bits per heavy atom. The molecule has 86 valence electrons. The Hall–Kier alpha value is -1.39. The van der Waals surface area contributed by atoms with E-state index in [9.17, 15) is 0 Å². The van der Waals surface area contributed by atoms with E-state index in [4.69, 9.17) is 0 Å². The summed E-state index contributed by atoms with van der Waals surface area (Å²) in [7, 11) is 0. The molecule has 1 N–H and O–H groups in total. The summed E-state index contributed by atoms with van der Waals surface area (Å²) in [6, 6.07) is 12.8. The van der Waals surface area contributed by atoms with Gasteiger partial charge in [0, 0.05) is 4.88 Å². The maximum absolute atomic E-state index is 4.57. The Morgan fingerprint density at radius 3 is 2.82 bits per heavy atom. The summed E-state index contributed by atoms with van der Waals surface area (Å²) in [5, 5.41) is 6.55. The van der Waals surface area contributed by atoms with Gasteiger partial charge in [0.1, 0.15) is 0 Å². The molecule has 0 spiro atoms. The summed E-state index contributed by atoms with van der Waals surface area (Å²) in [6.45, 7) is 2.16. The third-order valence-electron chi connectivity index (χ3n) is 2.60. The Bertz CT molecular complexity index is 580. The maximum atomic E-state index is 4.57. The van der Waals surface area contributed by atoms with Crippen molar-refractivity contribution in [3.8, 4) is 0 Å². The van der Waals surface area contributed by atoms with E-state index < -0.39 is 0 Å². The lowest BCUT2D eigenvalue weighted by Gasteiger charge is -2.09. The quantitative estimate of drug-likeness (QED) is 0.748. The minimum atomic E-state index is 0.315. The second-order valence-electron chi connectivity index (χ2n) is 3.87. The number of thiazole rings is 1. The number of aromatic nitrogens is 1. The minimum absolute atomic E-state index is 0.315. The van der Waals surface area contributed by atoms with Crippen LogP contribution in [-0.2, 0) is 0 Å². The van der Waals surface area contributed by atoms with Gasteiger partial charge < -0.3 is 5.32 Å². The number of hydrogen-bond acceptors (Lipinski definition) is 4. The van der Waals surface area contributed by atoms with Crippen LogP contribution in [0, 0.1) is 0 Å². The van der Waals surface area contributed by atoms with Crippen molar-refractivity contribution < 1.29 is 0 Å². The second-order valence-corrected chi connectivity index (χ2v) is 5.88. The van der Waals surface area contributed by atoms with Gasteiger partial charge >= 0.3 is 0 Å². The molecule has 2 aromatic heterocycles. The number of hydrogen-bond donors (Lipinski definition) is 1. The molecule has 2 heterocycles. The van der Waals surface area contributed by atoms with E-state index >= 15 is 0 Å². The van der Waals surface area contributed by atoms with Crippen LogP contribution in [0.4, 0.5) is 5.13 Å². The van der Waals surface area contributed by atoms with Gasteiger partial charge in [0.05, 0.1) is 16.3 Å². The minimum Gasteiger partial charge on any atom is -0.354 e. The number of nitrogens with one attached hydrogen (secondary N) is 1. The van der Waals surface area contributed by atoms with Crippen molar-refractivity contribution in [1.29, 1.82) is 0 Å². The molecule has 0 fully saturated rings. The second kappa shape index (κ2) is 4.47. The normalized spacial score (nSPS) is 12.8. The molecule has 0 radical (unpaired) electrons. The molecule has 0 saturated heterocycles. The highest BCUT2D eigenvalue weighted by Crippen LogP contribution is 2.29. The number of para-hydroxylation sites is 1. The Labute approximate surface area is 108 Å². The molecule has 0 aliphatic rings. The van der Waals surface area contributed by atoms with Gasteiger partial charge in [-0.15, -0.1) is 11.3 Å². The summed E-state index contributed by atoms with van der Waals surface area (Å²) in [4.78, 5) is 5.91. The van der Waals surface area contributed by atoms with Crippen molar-refractivity contribution in [3.63, 3.8) is 0 Å². The molecule has 0 aliphatic carbocycles. The zero-order valence-corrected chi connectivity index (χ0v) is 11.0. The van der Waals surface area contributed by atoms with Gasteiger partial charge in [-0.05, 0) is 30.5 Å². The summed E-state index contributed by atoms with van der Waals surface area (Å²) >= 11 is 3.48. The van der Waals surface area contributed by atoms with Crippen LogP contribution in [0.1, 0.15) is 17.8 Å². The molecule has 1 unspecified atom stereocenters. The third kappa shape index (κ3) is 2.18. The van der Waals surface area contributed by atoms with Crippen molar-refractivity contribution in [2.24, 2.45) is 0 Å². The van der Waals surface area contributed by atoms with Crippen molar-refractivity contribution in [2.45, 2.75) is 13.0 Å². The molecule has 0 aliphatic heterocycles. The highest BCUT2D eigenvalue weighted by atomic mass is 32.1. The number of anilines is 1. The average molecular weight is 260 g/mol. The summed E-state index contributed by atoms with van der Waals surface area (Å²) in [5.74, 6) is 0. The summed E-state index contributed by atoms with van der Waals surface area (Å²) in [5.41, 5.74) is 1.07. The van der Waals surface area contributed by atoms with Crippen LogP contribution < -0.4 is 5.32 Å². The highest BCUT2D eigenvalue weighted by Gasteiger charge is 2.09. The number of benzene rings is 1. The SMILES string of the molecule is CC(Nc1nc2ccccc2s1)c1cccs1. The zero-order chi connectivity index (χ0) is 11.7. The van der Waals surface area contributed by atoms with Crippen LogP contribution in [-0.4, -0.2) is 4.98 Å². The highest BCUT2D eigenvalue weighted by molar-refractivity contribution is 7.22. The van der Waals surface area contributed by atoms with Gasteiger partial charge in [0.2, 0.25) is 0 Å². The maximum Gasteiger partial charge on any atom is 0.184 e. The average Bonchev–Trinajstić information content (AvgIpc) is 2.97. The molecule has 1 aromatic carbocycles. The fraction of sp³-hybridized carbons (Fsp3) is 0.154. The predicted octanol–water partition coefficient (Wildman–Crippen LogP) is 4.53. The molecule has 3 rings (SSSR count). The fourth-order valence-corrected chi connectivity index (χ4v) is 3.42. The molecule has 0 bridgehead atoms. The zero-order valence-electron chi connectivity index (χ0n) is 9.38. The van der Waals surface area contributed by atoms with E-state index in [0.29, 0.717) is 6.04 Å². The number of fused-ring (bicyclic) bond motifs is 1. The summed E-state index contributed by atoms with van der Waals surface area (Å²) in [6.07, 6.45) is 0. The summed E-state index contributed by atoms with van der Waals surface area (Å²) < 4.78 is 1.23. The van der Waals surface area contributed by atoms with E-state index in [1.54, 1.807) is 22.7 Å². The van der Waals surface area contributed by atoms with Gasteiger partial charge in [-0.3, -0.25) is 0 Å². The molecule has 0 amide bonds. The van der Waals surface area contributed by atoms with Gasteiger partial charge in [0.25, 0.3) is 0 Å². The first-order valence-corrected chi connectivity index (χ1v) is 7.18. The largest absolute Gasteiger partial charge is 0.354 e. The van der Waals surface area contributed by atoms with E-state index in [-0.39, 0.29) is 0 Å².